The minimum Gasteiger partial charge on any atom is -0.488 e. The van der Waals surface area contributed by atoms with Crippen molar-refractivity contribution >= 4 is 28.0 Å². The molecule has 0 heterocycles. The lowest BCUT2D eigenvalue weighted by Gasteiger charge is -2.06. The summed E-state index contributed by atoms with van der Waals surface area (Å²) in [5.74, 6) is 0.0369. The predicted octanol–water partition coefficient (Wildman–Crippen LogP) is 3.48. The molecule has 4 nitrogen and oxygen atoms in total. The highest BCUT2D eigenvalue weighted by atomic mass is 79.9. The standard InChI is InChI=1S/C15H14BrNO3/c1-3-7-20-14-6-5-11(9-13(14)16)8-12(10-17)15(18)19-4-2/h3,5-6,8-9H,1,4,7H2,2H3/b12-8+. The summed E-state index contributed by atoms with van der Waals surface area (Å²) in [6, 6.07) is 7.09. The van der Waals surface area contributed by atoms with Gasteiger partial charge in [-0.3, -0.25) is 0 Å². The molecule has 0 spiro atoms. The van der Waals surface area contributed by atoms with Gasteiger partial charge in [0.2, 0.25) is 0 Å². The molecule has 1 aromatic rings. The SMILES string of the molecule is C=CCOc1ccc(/C=C(\C#N)C(=O)OCC)cc1Br. The Bertz CT molecular complexity index is 573. The lowest BCUT2D eigenvalue weighted by Crippen LogP contribution is -2.06. The van der Waals surface area contributed by atoms with Crippen molar-refractivity contribution in [2.75, 3.05) is 13.2 Å². The van der Waals surface area contributed by atoms with E-state index in [1.807, 2.05) is 6.07 Å². The Morgan fingerprint density at radius 1 is 1.55 bits per heavy atom. The molecule has 0 bridgehead atoms. The number of carbonyl (C=O) groups is 1. The maximum absolute atomic E-state index is 11.5. The second kappa shape index (κ2) is 8.18. The molecule has 0 aliphatic rings. The van der Waals surface area contributed by atoms with Crippen LogP contribution >= 0.6 is 15.9 Å². The number of rotatable bonds is 6. The second-order valence-electron chi connectivity index (χ2n) is 3.68. The Morgan fingerprint density at radius 3 is 2.85 bits per heavy atom. The maximum Gasteiger partial charge on any atom is 0.348 e. The maximum atomic E-state index is 11.5. The average molecular weight is 336 g/mol. The van der Waals surface area contributed by atoms with Crippen molar-refractivity contribution < 1.29 is 14.3 Å². The molecule has 0 fully saturated rings. The van der Waals surface area contributed by atoms with E-state index >= 15 is 0 Å². The van der Waals surface area contributed by atoms with Gasteiger partial charge in [-0.15, -0.1) is 0 Å². The van der Waals surface area contributed by atoms with Gasteiger partial charge in [-0.2, -0.15) is 5.26 Å². The molecule has 0 aromatic heterocycles. The van der Waals surface area contributed by atoms with E-state index in [9.17, 15) is 4.79 Å². The topological polar surface area (TPSA) is 59.3 Å². The molecule has 0 saturated carbocycles. The zero-order valence-corrected chi connectivity index (χ0v) is 12.6. The zero-order chi connectivity index (χ0) is 15.0. The first-order valence-corrected chi connectivity index (χ1v) is 6.73. The number of esters is 1. The molecule has 0 saturated heterocycles. The Kier molecular flexibility index (Phi) is 6.54. The Balaban J connectivity index is 2.97. The van der Waals surface area contributed by atoms with Crippen LogP contribution < -0.4 is 4.74 Å². The first-order valence-electron chi connectivity index (χ1n) is 5.94. The van der Waals surface area contributed by atoms with Crippen LogP contribution in [0.3, 0.4) is 0 Å². The van der Waals surface area contributed by atoms with Crippen molar-refractivity contribution in [3.63, 3.8) is 0 Å². The fraction of sp³-hybridized carbons (Fsp3) is 0.200. The molecule has 0 aliphatic carbocycles. The van der Waals surface area contributed by atoms with Crippen molar-refractivity contribution in [2.24, 2.45) is 0 Å². The van der Waals surface area contributed by atoms with Crippen LogP contribution in [0.5, 0.6) is 5.75 Å². The fourth-order valence-corrected chi connectivity index (χ4v) is 1.90. The van der Waals surface area contributed by atoms with Crippen molar-refractivity contribution in [3.05, 3.63) is 46.5 Å². The highest BCUT2D eigenvalue weighted by Gasteiger charge is 2.10. The van der Waals surface area contributed by atoms with Gasteiger partial charge in [-0.25, -0.2) is 4.79 Å². The van der Waals surface area contributed by atoms with Gasteiger partial charge in [-0.05, 0) is 46.6 Å². The van der Waals surface area contributed by atoms with Crippen molar-refractivity contribution in [2.45, 2.75) is 6.92 Å². The predicted molar refractivity (Wildman–Crippen MR) is 80.1 cm³/mol. The van der Waals surface area contributed by atoms with E-state index in [0.717, 1.165) is 4.47 Å². The number of nitriles is 1. The van der Waals surface area contributed by atoms with Gasteiger partial charge in [0.05, 0.1) is 11.1 Å². The van der Waals surface area contributed by atoms with E-state index in [4.69, 9.17) is 14.7 Å². The number of ether oxygens (including phenoxy) is 2. The fourth-order valence-electron chi connectivity index (χ4n) is 1.38. The lowest BCUT2D eigenvalue weighted by atomic mass is 10.1. The average Bonchev–Trinajstić information content (AvgIpc) is 2.44. The van der Waals surface area contributed by atoms with Gasteiger partial charge in [0.25, 0.3) is 0 Å². The summed E-state index contributed by atoms with van der Waals surface area (Å²) in [6.07, 6.45) is 3.12. The summed E-state index contributed by atoms with van der Waals surface area (Å²) in [6.45, 7) is 5.90. The van der Waals surface area contributed by atoms with Gasteiger partial charge in [0.1, 0.15) is 24.0 Å². The third kappa shape index (κ3) is 4.56. The van der Waals surface area contributed by atoms with Crippen molar-refractivity contribution in [1.82, 2.24) is 0 Å². The number of halogens is 1. The summed E-state index contributed by atoms with van der Waals surface area (Å²) < 4.78 is 10.9. The minimum absolute atomic E-state index is 0.0430. The molecule has 0 amide bonds. The monoisotopic (exact) mass is 335 g/mol. The van der Waals surface area contributed by atoms with Gasteiger partial charge in [0, 0.05) is 0 Å². The third-order valence-corrected chi connectivity index (χ3v) is 2.86. The molecule has 5 heteroatoms. The number of nitrogens with zero attached hydrogens (tertiary/aromatic N) is 1. The molecule has 0 aliphatic heterocycles. The third-order valence-electron chi connectivity index (χ3n) is 2.24. The van der Waals surface area contributed by atoms with E-state index in [1.165, 1.54) is 6.08 Å². The van der Waals surface area contributed by atoms with Crippen LogP contribution in [0.25, 0.3) is 6.08 Å². The molecular weight excluding hydrogens is 322 g/mol. The van der Waals surface area contributed by atoms with Crippen LogP contribution in [0.4, 0.5) is 0 Å². The van der Waals surface area contributed by atoms with Crippen LogP contribution in [0.2, 0.25) is 0 Å². The quantitative estimate of drug-likeness (QED) is 0.345. The van der Waals surface area contributed by atoms with Crippen LogP contribution in [0.1, 0.15) is 12.5 Å². The second-order valence-corrected chi connectivity index (χ2v) is 4.53. The largest absolute Gasteiger partial charge is 0.488 e. The molecular formula is C15H14BrNO3. The molecule has 0 radical (unpaired) electrons. The Hall–Kier alpha value is -2.06. The van der Waals surface area contributed by atoms with E-state index < -0.39 is 5.97 Å². The number of hydrogen-bond acceptors (Lipinski definition) is 4. The smallest absolute Gasteiger partial charge is 0.348 e. The summed E-state index contributed by atoms with van der Waals surface area (Å²) in [4.78, 5) is 11.5. The normalized spacial score (nSPS) is 10.6. The van der Waals surface area contributed by atoms with Crippen LogP contribution in [0.15, 0.2) is 40.9 Å². The summed E-state index contributed by atoms with van der Waals surface area (Å²) in [7, 11) is 0. The van der Waals surface area contributed by atoms with Gasteiger partial charge < -0.3 is 9.47 Å². The molecule has 20 heavy (non-hydrogen) atoms. The van der Waals surface area contributed by atoms with Crippen LogP contribution in [-0.2, 0) is 9.53 Å². The van der Waals surface area contributed by atoms with Crippen LogP contribution in [0, 0.1) is 11.3 Å². The van der Waals surface area contributed by atoms with Crippen molar-refractivity contribution in [1.29, 1.82) is 5.26 Å². The Labute approximate surface area is 126 Å². The lowest BCUT2D eigenvalue weighted by molar-refractivity contribution is -0.137. The van der Waals surface area contributed by atoms with E-state index in [-0.39, 0.29) is 12.2 Å². The molecule has 104 valence electrons. The summed E-state index contributed by atoms with van der Waals surface area (Å²) >= 11 is 3.37. The number of benzene rings is 1. The first-order chi connectivity index (χ1) is 9.62. The van der Waals surface area contributed by atoms with E-state index in [0.29, 0.717) is 17.9 Å². The number of hydrogen-bond donors (Lipinski definition) is 0. The summed E-state index contributed by atoms with van der Waals surface area (Å²) in [5, 5.41) is 8.96. The molecule has 1 aromatic carbocycles. The summed E-state index contributed by atoms with van der Waals surface area (Å²) in [5.41, 5.74) is 0.658. The van der Waals surface area contributed by atoms with Gasteiger partial charge >= 0.3 is 5.97 Å². The zero-order valence-electron chi connectivity index (χ0n) is 11.1. The Morgan fingerprint density at radius 2 is 2.30 bits per heavy atom. The minimum atomic E-state index is -0.627. The highest BCUT2D eigenvalue weighted by molar-refractivity contribution is 9.10. The van der Waals surface area contributed by atoms with Gasteiger partial charge in [0.15, 0.2) is 0 Å². The van der Waals surface area contributed by atoms with Crippen LogP contribution in [-0.4, -0.2) is 19.2 Å². The van der Waals surface area contributed by atoms with E-state index in [1.54, 1.807) is 31.2 Å². The first kappa shape index (κ1) is 16.0. The molecule has 1 rings (SSSR count). The molecule has 0 atom stereocenters. The van der Waals surface area contributed by atoms with Crippen molar-refractivity contribution in [3.8, 4) is 11.8 Å². The van der Waals surface area contributed by atoms with Gasteiger partial charge in [-0.1, -0.05) is 18.7 Å². The molecule has 0 unspecified atom stereocenters. The highest BCUT2D eigenvalue weighted by Crippen LogP contribution is 2.27. The van der Waals surface area contributed by atoms with E-state index in [2.05, 4.69) is 22.5 Å². The molecule has 0 N–H and O–H groups in total. The number of carbonyl (C=O) groups excluding carboxylic acids is 1.